The zero-order valence-corrected chi connectivity index (χ0v) is 17.9. The van der Waals surface area contributed by atoms with Crippen LogP contribution in [0, 0.1) is 0 Å². The Hall–Kier alpha value is -2.08. The van der Waals surface area contributed by atoms with Gasteiger partial charge in [-0.25, -0.2) is 0 Å². The highest BCUT2D eigenvalue weighted by Crippen LogP contribution is 2.47. The average Bonchev–Trinajstić information content (AvgIpc) is 3.37. The van der Waals surface area contributed by atoms with E-state index in [1.807, 2.05) is 11.9 Å². The Morgan fingerprint density at radius 2 is 1.69 bits per heavy atom. The standard InChI is InChI=1S/C23H35N5O/c1-19(21(29)27-12-6-7-13-27)26-14-16-28(17-15-26)22(24-2)25-18-23(10-11-23)20-8-4-3-5-9-20/h3-5,8-9,19H,6-7,10-18H2,1-2H3,(H,24,25). The maximum Gasteiger partial charge on any atom is 0.239 e. The molecule has 1 aromatic carbocycles. The second kappa shape index (κ2) is 8.74. The SMILES string of the molecule is CN=C(NCC1(c2ccccc2)CC1)N1CCN(C(C)C(=O)N2CCCC2)CC1. The summed E-state index contributed by atoms with van der Waals surface area (Å²) in [6.45, 7) is 8.52. The van der Waals surface area contributed by atoms with Crippen molar-refractivity contribution in [3.05, 3.63) is 35.9 Å². The molecule has 2 heterocycles. The number of guanidine groups is 1. The molecular formula is C23H35N5O. The minimum absolute atomic E-state index is 0.0157. The van der Waals surface area contributed by atoms with Gasteiger partial charge in [0.05, 0.1) is 6.04 Å². The number of aliphatic imine (C=N–C) groups is 1. The highest BCUT2D eigenvalue weighted by molar-refractivity contribution is 5.82. The van der Waals surface area contributed by atoms with Crippen molar-refractivity contribution in [2.24, 2.45) is 4.99 Å². The van der Waals surface area contributed by atoms with Crippen molar-refractivity contribution in [1.82, 2.24) is 20.0 Å². The van der Waals surface area contributed by atoms with Crippen LogP contribution in [0.3, 0.4) is 0 Å². The van der Waals surface area contributed by atoms with Crippen LogP contribution in [0.1, 0.15) is 38.2 Å². The van der Waals surface area contributed by atoms with Crippen molar-refractivity contribution in [3.8, 4) is 0 Å². The first-order valence-electron chi connectivity index (χ1n) is 11.2. The molecular weight excluding hydrogens is 362 g/mol. The Bertz CT molecular complexity index is 716. The van der Waals surface area contributed by atoms with Crippen LogP contribution in [-0.2, 0) is 10.2 Å². The summed E-state index contributed by atoms with van der Waals surface area (Å²) >= 11 is 0. The van der Waals surface area contributed by atoms with Crippen LogP contribution in [0.5, 0.6) is 0 Å². The number of piperazine rings is 1. The number of carbonyl (C=O) groups is 1. The van der Waals surface area contributed by atoms with Crippen molar-refractivity contribution in [1.29, 1.82) is 0 Å². The van der Waals surface area contributed by atoms with Crippen LogP contribution >= 0.6 is 0 Å². The molecule has 2 aliphatic heterocycles. The summed E-state index contributed by atoms with van der Waals surface area (Å²) in [5.41, 5.74) is 1.71. The van der Waals surface area contributed by atoms with E-state index in [4.69, 9.17) is 0 Å². The zero-order valence-electron chi connectivity index (χ0n) is 17.9. The second-order valence-corrected chi connectivity index (χ2v) is 8.78. The first-order valence-corrected chi connectivity index (χ1v) is 11.2. The van der Waals surface area contributed by atoms with Crippen molar-refractivity contribution in [3.63, 3.8) is 0 Å². The molecule has 1 N–H and O–H groups in total. The number of hydrogen-bond acceptors (Lipinski definition) is 3. The molecule has 0 radical (unpaired) electrons. The van der Waals surface area contributed by atoms with Gasteiger partial charge in [-0.15, -0.1) is 0 Å². The van der Waals surface area contributed by atoms with E-state index in [9.17, 15) is 4.79 Å². The number of hydrogen-bond donors (Lipinski definition) is 1. The lowest BCUT2D eigenvalue weighted by Gasteiger charge is -2.39. The highest BCUT2D eigenvalue weighted by atomic mass is 16.2. The van der Waals surface area contributed by atoms with Crippen molar-refractivity contribution >= 4 is 11.9 Å². The van der Waals surface area contributed by atoms with Gasteiger partial charge in [-0.3, -0.25) is 14.7 Å². The number of nitrogens with zero attached hydrogens (tertiary/aromatic N) is 4. The van der Waals surface area contributed by atoms with Gasteiger partial charge in [0.1, 0.15) is 0 Å². The molecule has 1 atom stereocenters. The number of benzene rings is 1. The van der Waals surface area contributed by atoms with E-state index in [0.717, 1.165) is 64.6 Å². The van der Waals surface area contributed by atoms with E-state index in [2.05, 4.69) is 57.4 Å². The van der Waals surface area contributed by atoms with Crippen LogP contribution in [-0.4, -0.2) is 85.5 Å². The first-order chi connectivity index (χ1) is 14.1. The quantitative estimate of drug-likeness (QED) is 0.609. The van der Waals surface area contributed by atoms with Gasteiger partial charge in [-0.1, -0.05) is 30.3 Å². The number of amides is 1. The molecule has 1 amide bonds. The molecule has 2 saturated heterocycles. The van der Waals surface area contributed by atoms with Crippen LogP contribution in [0.25, 0.3) is 0 Å². The summed E-state index contributed by atoms with van der Waals surface area (Å²) in [6, 6.07) is 10.8. The third-order valence-electron chi connectivity index (χ3n) is 6.97. The minimum Gasteiger partial charge on any atom is -0.355 e. The normalized spacial score (nSPS) is 23.2. The van der Waals surface area contributed by atoms with E-state index < -0.39 is 0 Å². The maximum absolute atomic E-state index is 12.7. The van der Waals surface area contributed by atoms with Crippen LogP contribution in [0.2, 0.25) is 0 Å². The third kappa shape index (κ3) is 4.42. The zero-order chi connectivity index (χ0) is 20.3. The Labute approximate surface area is 175 Å². The lowest BCUT2D eigenvalue weighted by atomic mass is 9.96. The molecule has 0 bridgehead atoms. The summed E-state index contributed by atoms with van der Waals surface area (Å²) in [6.07, 6.45) is 4.78. The first kappa shape index (κ1) is 20.2. The maximum atomic E-state index is 12.7. The second-order valence-electron chi connectivity index (χ2n) is 8.78. The summed E-state index contributed by atoms with van der Waals surface area (Å²) in [7, 11) is 1.87. The lowest BCUT2D eigenvalue weighted by molar-refractivity contribution is -0.135. The average molecular weight is 398 g/mol. The van der Waals surface area contributed by atoms with Gasteiger partial charge in [0.2, 0.25) is 5.91 Å². The Morgan fingerprint density at radius 3 is 2.28 bits per heavy atom. The van der Waals surface area contributed by atoms with Gasteiger partial charge in [-0.05, 0) is 38.2 Å². The predicted octanol–water partition coefficient (Wildman–Crippen LogP) is 1.92. The predicted molar refractivity (Wildman–Crippen MR) is 117 cm³/mol. The molecule has 6 nitrogen and oxygen atoms in total. The monoisotopic (exact) mass is 397 g/mol. The van der Waals surface area contributed by atoms with E-state index in [1.54, 1.807) is 0 Å². The number of likely N-dealkylation sites (tertiary alicyclic amines) is 1. The van der Waals surface area contributed by atoms with E-state index in [1.165, 1.54) is 18.4 Å². The van der Waals surface area contributed by atoms with Crippen molar-refractivity contribution in [2.75, 3.05) is 52.9 Å². The van der Waals surface area contributed by atoms with E-state index in [0.29, 0.717) is 5.91 Å². The molecule has 3 fully saturated rings. The molecule has 0 aromatic heterocycles. The molecule has 0 spiro atoms. The van der Waals surface area contributed by atoms with Crippen molar-refractivity contribution in [2.45, 2.75) is 44.1 Å². The van der Waals surface area contributed by atoms with Crippen LogP contribution in [0.15, 0.2) is 35.3 Å². The molecule has 1 unspecified atom stereocenters. The van der Waals surface area contributed by atoms with E-state index >= 15 is 0 Å². The largest absolute Gasteiger partial charge is 0.355 e. The smallest absolute Gasteiger partial charge is 0.239 e. The molecule has 158 valence electrons. The molecule has 4 rings (SSSR count). The van der Waals surface area contributed by atoms with Gasteiger partial charge < -0.3 is 15.1 Å². The van der Waals surface area contributed by atoms with Crippen LogP contribution in [0.4, 0.5) is 0 Å². The van der Waals surface area contributed by atoms with Gasteiger partial charge in [-0.2, -0.15) is 0 Å². The van der Waals surface area contributed by atoms with E-state index in [-0.39, 0.29) is 11.5 Å². The summed E-state index contributed by atoms with van der Waals surface area (Å²) < 4.78 is 0. The van der Waals surface area contributed by atoms with Crippen LogP contribution < -0.4 is 5.32 Å². The fourth-order valence-corrected chi connectivity index (χ4v) is 4.77. The molecule has 1 aromatic rings. The van der Waals surface area contributed by atoms with Crippen molar-refractivity contribution < 1.29 is 4.79 Å². The molecule has 6 heteroatoms. The summed E-state index contributed by atoms with van der Waals surface area (Å²) in [5, 5.41) is 3.63. The Kier molecular flexibility index (Phi) is 6.09. The van der Waals surface area contributed by atoms with Gasteiger partial charge in [0, 0.05) is 58.3 Å². The summed E-state index contributed by atoms with van der Waals surface area (Å²) in [4.78, 5) is 24.0. The molecule has 1 aliphatic carbocycles. The molecule has 29 heavy (non-hydrogen) atoms. The molecule has 1 saturated carbocycles. The Balaban J connectivity index is 1.28. The highest BCUT2D eigenvalue weighted by Gasteiger charge is 2.44. The van der Waals surface area contributed by atoms with Gasteiger partial charge in [0.15, 0.2) is 5.96 Å². The third-order valence-corrected chi connectivity index (χ3v) is 6.97. The van der Waals surface area contributed by atoms with Gasteiger partial charge >= 0.3 is 0 Å². The fourth-order valence-electron chi connectivity index (χ4n) is 4.77. The minimum atomic E-state index is -0.0157. The topological polar surface area (TPSA) is 51.2 Å². The number of rotatable bonds is 5. The number of nitrogens with one attached hydrogen (secondary N) is 1. The lowest BCUT2D eigenvalue weighted by Crippen LogP contribution is -2.57. The summed E-state index contributed by atoms with van der Waals surface area (Å²) in [5.74, 6) is 1.29. The van der Waals surface area contributed by atoms with Gasteiger partial charge in [0.25, 0.3) is 0 Å². The number of carbonyl (C=O) groups excluding carboxylic acids is 1. The Morgan fingerprint density at radius 1 is 1.03 bits per heavy atom. The fraction of sp³-hybridized carbons (Fsp3) is 0.652. The molecule has 3 aliphatic rings.